The van der Waals surface area contributed by atoms with Crippen LogP contribution in [0.2, 0.25) is 0 Å². The van der Waals surface area contributed by atoms with Gasteiger partial charge >= 0.3 is 11.9 Å². The number of esters is 2. The Balaban J connectivity index is 1.45. The fourth-order valence-electron chi connectivity index (χ4n) is 4.24. The molecule has 0 N–H and O–H groups in total. The lowest BCUT2D eigenvalue weighted by molar-refractivity contribution is -0.0349. The zero-order valence-electron chi connectivity index (χ0n) is 14.2. The van der Waals surface area contributed by atoms with Crippen LogP contribution in [0.3, 0.4) is 0 Å². The van der Waals surface area contributed by atoms with E-state index >= 15 is 0 Å². The van der Waals surface area contributed by atoms with E-state index in [2.05, 4.69) is 0 Å². The van der Waals surface area contributed by atoms with Crippen molar-refractivity contribution in [1.29, 1.82) is 0 Å². The van der Waals surface area contributed by atoms with Crippen molar-refractivity contribution in [3.8, 4) is 0 Å². The monoisotopic (exact) mass is 364 g/mol. The Kier molecular flexibility index (Phi) is 3.63. The van der Waals surface area contributed by atoms with Crippen molar-refractivity contribution < 1.29 is 27.9 Å². The van der Waals surface area contributed by atoms with Crippen molar-refractivity contribution in [3.63, 3.8) is 0 Å². The van der Waals surface area contributed by atoms with Crippen LogP contribution in [0.25, 0.3) is 0 Å². The van der Waals surface area contributed by atoms with E-state index in [9.17, 15) is 9.59 Å². The van der Waals surface area contributed by atoms with Crippen LogP contribution in [0.4, 0.5) is 0 Å². The van der Waals surface area contributed by atoms with Crippen LogP contribution in [-0.4, -0.2) is 24.1 Å². The van der Waals surface area contributed by atoms with Gasteiger partial charge in [0.25, 0.3) is 0 Å². The average molecular weight is 364 g/mol. The molecule has 6 nitrogen and oxygen atoms in total. The maximum absolute atomic E-state index is 12.5. The van der Waals surface area contributed by atoms with Gasteiger partial charge in [0, 0.05) is 11.8 Å². The van der Waals surface area contributed by atoms with Crippen molar-refractivity contribution in [2.45, 2.75) is 30.5 Å². The van der Waals surface area contributed by atoms with Gasteiger partial charge < -0.3 is 18.3 Å². The van der Waals surface area contributed by atoms with E-state index in [0.29, 0.717) is 11.1 Å². The molecule has 2 aliphatic rings. The molecule has 27 heavy (non-hydrogen) atoms. The van der Waals surface area contributed by atoms with Crippen LogP contribution in [0, 0.1) is 0 Å². The zero-order valence-corrected chi connectivity index (χ0v) is 14.2. The highest BCUT2D eigenvalue weighted by Gasteiger charge is 2.55. The minimum atomic E-state index is -0.539. The number of benzene rings is 1. The first-order valence-corrected chi connectivity index (χ1v) is 8.77. The summed E-state index contributed by atoms with van der Waals surface area (Å²) < 4.78 is 21.5. The molecule has 136 valence electrons. The Hall–Kier alpha value is -3.28. The highest BCUT2D eigenvalue weighted by Crippen LogP contribution is 2.55. The molecular formula is C21H16O6. The molecule has 2 bridgehead atoms. The molecule has 0 spiro atoms. The molecule has 4 unspecified atom stereocenters. The van der Waals surface area contributed by atoms with E-state index in [4.69, 9.17) is 18.3 Å². The molecule has 6 heteroatoms. The summed E-state index contributed by atoms with van der Waals surface area (Å²) >= 11 is 0. The van der Waals surface area contributed by atoms with E-state index in [1.807, 2.05) is 24.3 Å². The van der Waals surface area contributed by atoms with E-state index in [1.165, 1.54) is 25.1 Å². The highest BCUT2D eigenvalue weighted by molar-refractivity contribution is 5.90. The molecule has 3 aromatic rings. The number of hydrogen-bond donors (Lipinski definition) is 0. The van der Waals surface area contributed by atoms with Crippen molar-refractivity contribution in [1.82, 2.24) is 0 Å². The van der Waals surface area contributed by atoms with Gasteiger partial charge in [0.05, 0.1) is 23.7 Å². The third-order valence-electron chi connectivity index (χ3n) is 5.42. The van der Waals surface area contributed by atoms with Gasteiger partial charge in [0.1, 0.15) is 24.7 Å². The second-order valence-electron chi connectivity index (χ2n) is 6.84. The van der Waals surface area contributed by atoms with Gasteiger partial charge in [-0.25, -0.2) is 9.59 Å². The lowest BCUT2D eigenvalue weighted by Gasteiger charge is -2.31. The Morgan fingerprint density at radius 3 is 1.67 bits per heavy atom. The Morgan fingerprint density at radius 2 is 1.26 bits per heavy atom. The summed E-state index contributed by atoms with van der Waals surface area (Å²) in [4.78, 5) is 24.9. The van der Waals surface area contributed by atoms with Gasteiger partial charge in [-0.05, 0) is 29.7 Å². The minimum Gasteiger partial charge on any atom is -0.472 e. The lowest BCUT2D eigenvalue weighted by Crippen LogP contribution is -2.39. The first-order chi connectivity index (χ1) is 13.2. The molecule has 2 heterocycles. The summed E-state index contributed by atoms with van der Waals surface area (Å²) in [5.74, 6) is -0.959. The number of furan rings is 2. The number of fused-ring (bicyclic) bond motifs is 5. The zero-order chi connectivity index (χ0) is 18.4. The summed E-state index contributed by atoms with van der Waals surface area (Å²) in [6.07, 6.45) is 5.23. The molecule has 2 aromatic heterocycles. The number of carbonyl (C=O) groups is 2. The molecule has 0 saturated heterocycles. The van der Waals surface area contributed by atoms with Crippen molar-refractivity contribution in [2.24, 2.45) is 0 Å². The molecule has 1 aromatic carbocycles. The molecule has 0 amide bonds. The van der Waals surface area contributed by atoms with Crippen LogP contribution in [-0.2, 0) is 9.47 Å². The van der Waals surface area contributed by atoms with Gasteiger partial charge in [-0.3, -0.25) is 0 Å². The average Bonchev–Trinajstić information content (AvgIpc) is 3.46. The quantitative estimate of drug-likeness (QED) is 0.653. The molecule has 5 rings (SSSR count). The first kappa shape index (κ1) is 15.9. The van der Waals surface area contributed by atoms with E-state index in [-0.39, 0.29) is 11.8 Å². The van der Waals surface area contributed by atoms with Crippen LogP contribution in [0.15, 0.2) is 70.3 Å². The van der Waals surface area contributed by atoms with Gasteiger partial charge in [-0.1, -0.05) is 24.3 Å². The largest absolute Gasteiger partial charge is 0.472 e. The van der Waals surface area contributed by atoms with Crippen LogP contribution in [0.1, 0.15) is 50.1 Å². The Bertz CT molecular complexity index is 893. The molecule has 2 aliphatic carbocycles. The van der Waals surface area contributed by atoms with E-state index in [1.54, 1.807) is 12.1 Å². The third kappa shape index (κ3) is 2.56. The number of rotatable bonds is 4. The lowest BCUT2D eigenvalue weighted by atomic mass is 9.87. The summed E-state index contributed by atoms with van der Waals surface area (Å²) in [5, 5.41) is 0. The SMILES string of the molecule is O=C(OC1C2CC(c3ccccc32)C1OC(=O)c1ccoc1)c1ccoc1. The maximum Gasteiger partial charge on any atom is 0.341 e. The maximum atomic E-state index is 12.5. The molecule has 0 aliphatic heterocycles. The topological polar surface area (TPSA) is 78.9 Å². The molecule has 1 fully saturated rings. The van der Waals surface area contributed by atoms with E-state index in [0.717, 1.165) is 17.5 Å². The van der Waals surface area contributed by atoms with Gasteiger partial charge in [-0.2, -0.15) is 0 Å². The molecule has 4 atom stereocenters. The normalized spacial score (nSPS) is 25.2. The molecule has 0 radical (unpaired) electrons. The Morgan fingerprint density at radius 1 is 0.778 bits per heavy atom. The van der Waals surface area contributed by atoms with Crippen molar-refractivity contribution in [2.75, 3.05) is 0 Å². The second kappa shape index (κ2) is 6.16. The van der Waals surface area contributed by atoms with Gasteiger partial charge in [0.15, 0.2) is 0 Å². The van der Waals surface area contributed by atoms with E-state index < -0.39 is 24.1 Å². The number of carbonyl (C=O) groups excluding carboxylic acids is 2. The Labute approximate surface area is 154 Å². The standard InChI is InChI=1S/C21H16O6/c22-20(12-5-7-24-10-12)26-18-16-9-17(15-4-2-1-3-14(15)16)19(18)27-21(23)13-6-8-25-11-13/h1-8,10-11,16-19H,9H2. The van der Waals surface area contributed by atoms with Crippen LogP contribution in [0.5, 0.6) is 0 Å². The van der Waals surface area contributed by atoms with Gasteiger partial charge in [0.2, 0.25) is 0 Å². The van der Waals surface area contributed by atoms with Crippen LogP contribution >= 0.6 is 0 Å². The van der Waals surface area contributed by atoms with Gasteiger partial charge in [-0.15, -0.1) is 0 Å². The first-order valence-electron chi connectivity index (χ1n) is 8.77. The minimum absolute atomic E-state index is 0.00389. The third-order valence-corrected chi connectivity index (χ3v) is 5.42. The summed E-state index contributed by atoms with van der Waals surface area (Å²) in [7, 11) is 0. The van der Waals surface area contributed by atoms with Crippen LogP contribution < -0.4 is 0 Å². The second-order valence-corrected chi connectivity index (χ2v) is 6.84. The predicted octanol–water partition coefficient (Wildman–Crippen LogP) is 3.91. The van der Waals surface area contributed by atoms with Crippen molar-refractivity contribution >= 4 is 11.9 Å². The fourth-order valence-corrected chi connectivity index (χ4v) is 4.24. The predicted molar refractivity (Wildman–Crippen MR) is 92.4 cm³/mol. The summed E-state index contributed by atoms with van der Waals surface area (Å²) in [6.45, 7) is 0. The summed E-state index contributed by atoms with van der Waals surface area (Å²) in [6, 6.07) is 11.1. The number of ether oxygens (including phenoxy) is 2. The van der Waals surface area contributed by atoms with Crippen molar-refractivity contribution in [3.05, 3.63) is 83.7 Å². The molecular weight excluding hydrogens is 348 g/mol. The molecule has 1 saturated carbocycles. The fraction of sp³-hybridized carbons (Fsp3) is 0.238. The number of hydrogen-bond acceptors (Lipinski definition) is 6. The summed E-state index contributed by atoms with van der Waals surface area (Å²) in [5.41, 5.74) is 2.99. The highest BCUT2D eigenvalue weighted by atomic mass is 16.6. The smallest absolute Gasteiger partial charge is 0.341 e.